The summed E-state index contributed by atoms with van der Waals surface area (Å²) in [6, 6.07) is 7.88. The molecule has 0 unspecified atom stereocenters. The zero-order valence-corrected chi connectivity index (χ0v) is 9.07. The summed E-state index contributed by atoms with van der Waals surface area (Å²) in [7, 11) is -3.64. The first-order valence-electron chi connectivity index (χ1n) is 4.34. The lowest BCUT2D eigenvalue weighted by atomic mass is 10.2. The van der Waals surface area contributed by atoms with Gasteiger partial charge < -0.3 is 5.11 Å². The summed E-state index contributed by atoms with van der Waals surface area (Å²) in [5, 5.41) is 16.9. The molecule has 0 aliphatic rings. The molecule has 16 heavy (non-hydrogen) atoms. The number of hydrogen-bond donors (Lipinski definition) is 1. The van der Waals surface area contributed by atoms with Crippen molar-refractivity contribution >= 4 is 15.8 Å². The largest absolute Gasteiger partial charge is 0.480 e. The Balaban J connectivity index is 2.81. The summed E-state index contributed by atoms with van der Waals surface area (Å²) < 4.78 is 22.6. The van der Waals surface area contributed by atoms with E-state index in [1.54, 1.807) is 0 Å². The molecule has 6 heteroatoms. The quantitative estimate of drug-likeness (QED) is 0.828. The van der Waals surface area contributed by atoms with Crippen LogP contribution in [-0.2, 0) is 20.4 Å². The molecule has 0 aromatic heterocycles. The monoisotopic (exact) mass is 239 g/mol. The summed E-state index contributed by atoms with van der Waals surface area (Å²) in [6.45, 7) is 0. The lowest BCUT2D eigenvalue weighted by molar-refractivity contribution is -0.134. The molecule has 0 saturated heterocycles. The molecule has 1 rings (SSSR count). The fraction of sp³-hybridized carbons (Fsp3) is 0.200. The number of rotatable bonds is 4. The molecule has 1 N–H and O–H groups in total. The zero-order valence-electron chi connectivity index (χ0n) is 8.25. The molecule has 1 aromatic carbocycles. The van der Waals surface area contributed by atoms with Crippen LogP contribution in [0.4, 0.5) is 0 Å². The molecule has 0 aliphatic carbocycles. The van der Waals surface area contributed by atoms with Gasteiger partial charge in [-0.3, -0.25) is 4.79 Å². The third-order valence-electron chi connectivity index (χ3n) is 1.81. The third kappa shape index (κ3) is 3.71. The van der Waals surface area contributed by atoms with Crippen LogP contribution in [0.1, 0.15) is 11.1 Å². The van der Waals surface area contributed by atoms with Gasteiger partial charge in [-0.15, -0.1) is 0 Å². The fourth-order valence-electron chi connectivity index (χ4n) is 1.17. The maximum Gasteiger partial charge on any atom is 0.318 e. The van der Waals surface area contributed by atoms with E-state index in [9.17, 15) is 13.2 Å². The molecule has 1 aromatic rings. The number of carbonyl (C=O) groups is 1. The summed E-state index contributed by atoms with van der Waals surface area (Å²) in [4.78, 5) is 10.3. The van der Waals surface area contributed by atoms with Gasteiger partial charge in [-0.05, 0) is 17.7 Å². The topological polar surface area (TPSA) is 95.2 Å². The molecule has 0 heterocycles. The molecule has 0 aliphatic heterocycles. The van der Waals surface area contributed by atoms with Crippen molar-refractivity contribution in [2.24, 2.45) is 0 Å². The number of nitriles is 1. The fourth-order valence-corrected chi connectivity index (χ4v) is 2.35. The highest BCUT2D eigenvalue weighted by Gasteiger charge is 2.16. The molecule has 0 amide bonds. The lowest BCUT2D eigenvalue weighted by Crippen LogP contribution is -2.16. The summed E-state index contributed by atoms with van der Waals surface area (Å²) in [5.74, 6) is -2.58. The van der Waals surface area contributed by atoms with Crippen LogP contribution in [0.5, 0.6) is 0 Å². The van der Waals surface area contributed by atoms with Gasteiger partial charge in [0, 0.05) is 0 Å². The molecule has 0 atom stereocenters. The van der Waals surface area contributed by atoms with Crippen LogP contribution in [0.15, 0.2) is 24.3 Å². The first kappa shape index (κ1) is 12.2. The smallest absolute Gasteiger partial charge is 0.318 e. The highest BCUT2D eigenvalue weighted by Crippen LogP contribution is 2.08. The standard InChI is InChI=1S/C10H9NO4S/c11-5-8-1-3-9(4-2-8)6-16(14,15)7-10(12)13/h1-4H,6-7H2,(H,12,13). The summed E-state index contributed by atoms with van der Waals surface area (Å²) >= 11 is 0. The second-order valence-electron chi connectivity index (χ2n) is 3.23. The van der Waals surface area contributed by atoms with Crippen LogP contribution in [0.25, 0.3) is 0 Å². The molecule has 5 nitrogen and oxygen atoms in total. The molecule has 0 saturated carbocycles. The van der Waals surface area contributed by atoms with Crippen molar-refractivity contribution in [1.82, 2.24) is 0 Å². The Morgan fingerprint density at radius 2 is 1.88 bits per heavy atom. The van der Waals surface area contributed by atoms with Crippen molar-refractivity contribution in [3.05, 3.63) is 35.4 Å². The third-order valence-corrected chi connectivity index (χ3v) is 3.27. The maximum absolute atomic E-state index is 11.3. The Morgan fingerprint density at radius 1 is 1.31 bits per heavy atom. The van der Waals surface area contributed by atoms with E-state index in [-0.39, 0.29) is 5.75 Å². The lowest BCUT2D eigenvalue weighted by Gasteiger charge is -2.01. The predicted octanol–water partition coefficient (Wildman–Crippen LogP) is 0.558. The Kier molecular flexibility index (Phi) is 3.64. The number of benzene rings is 1. The normalized spacial score (nSPS) is 10.7. The summed E-state index contributed by atoms with van der Waals surface area (Å²) in [5.41, 5.74) is 0.902. The minimum absolute atomic E-state index is 0.328. The van der Waals surface area contributed by atoms with E-state index >= 15 is 0 Å². The van der Waals surface area contributed by atoms with Gasteiger partial charge in [-0.2, -0.15) is 5.26 Å². The van der Waals surface area contributed by atoms with Crippen molar-refractivity contribution in [2.45, 2.75) is 5.75 Å². The summed E-state index contributed by atoms with van der Waals surface area (Å²) in [6.07, 6.45) is 0. The van der Waals surface area contributed by atoms with Gasteiger partial charge in [0.25, 0.3) is 0 Å². The Hall–Kier alpha value is -1.87. The van der Waals surface area contributed by atoms with Crippen molar-refractivity contribution in [3.63, 3.8) is 0 Å². The van der Waals surface area contributed by atoms with Crippen LogP contribution >= 0.6 is 0 Å². The number of carboxylic acid groups (broad SMARTS) is 1. The van der Waals surface area contributed by atoms with E-state index in [0.29, 0.717) is 11.1 Å². The van der Waals surface area contributed by atoms with Gasteiger partial charge in [0.05, 0.1) is 17.4 Å². The zero-order chi connectivity index (χ0) is 12.2. The van der Waals surface area contributed by atoms with Gasteiger partial charge in [-0.25, -0.2) is 8.42 Å². The van der Waals surface area contributed by atoms with E-state index < -0.39 is 21.6 Å². The van der Waals surface area contributed by atoms with E-state index in [0.717, 1.165) is 0 Å². The van der Waals surface area contributed by atoms with Crippen molar-refractivity contribution in [2.75, 3.05) is 5.75 Å². The molecule has 84 valence electrons. The maximum atomic E-state index is 11.3. The highest BCUT2D eigenvalue weighted by atomic mass is 32.2. The van der Waals surface area contributed by atoms with E-state index in [1.165, 1.54) is 24.3 Å². The Labute approximate surface area is 92.9 Å². The molecule has 0 bridgehead atoms. The van der Waals surface area contributed by atoms with Crippen LogP contribution < -0.4 is 0 Å². The number of aliphatic carboxylic acids is 1. The number of carboxylic acids is 1. The van der Waals surface area contributed by atoms with Gasteiger partial charge >= 0.3 is 5.97 Å². The van der Waals surface area contributed by atoms with E-state index in [1.807, 2.05) is 6.07 Å². The van der Waals surface area contributed by atoms with Gasteiger partial charge in [-0.1, -0.05) is 12.1 Å². The first-order valence-corrected chi connectivity index (χ1v) is 6.16. The minimum atomic E-state index is -3.64. The SMILES string of the molecule is N#Cc1ccc(CS(=O)(=O)CC(=O)O)cc1. The number of sulfone groups is 1. The van der Waals surface area contributed by atoms with Gasteiger partial charge in [0.1, 0.15) is 5.75 Å². The highest BCUT2D eigenvalue weighted by molar-refractivity contribution is 7.91. The average molecular weight is 239 g/mol. The van der Waals surface area contributed by atoms with Crippen LogP contribution in [-0.4, -0.2) is 25.2 Å². The van der Waals surface area contributed by atoms with Crippen molar-refractivity contribution in [1.29, 1.82) is 5.26 Å². The molecule has 0 radical (unpaired) electrons. The number of nitrogens with zero attached hydrogens (tertiary/aromatic N) is 1. The second-order valence-corrected chi connectivity index (χ2v) is 5.30. The van der Waals surface area contributed by atoms with Gasteiger partial charge in [0.2, 0.25) is 0 Å². The van der Waals surface area contributed by atoms with E-state index in [2.05, 4.69) is 0 Å². The van der Waals surface area contributed by atoms with Crippen molar-refractivity contribution < 1.29 is 18.3 Å². The van der Waals surface area contributed by atoms with Crippen LogP contribution in [0, 0.1) is 11.3 Å². The average Bonchev–Trinajstić information content (AvgIpc) is 2.16. The molecular weight excluding hydrogens is 230 g/mol. The molecule has 0 spiro atoms. The Morgan fingerprint density at radius 3 is 2.31 bits per heavy atom. The van der Waals surface area contributed by atoms with Gasteiger partial charge in [0.15, 0.2) is 9.84 Å². The number of hydrogen-bond acceptors (Lipinski definition) is 4. The van der Waals surface area contributed by atoms with E-state index in [4.69, 9.17) is 10.4 Å². The minimum Gasteiger partial charge on any atom is -0.480 e. The predicted molar refractivity (Wildman–Crippen MR) is 56.3 cm³/mol. The Bertz CT molecular complexity index is 525. The van der Waals surface area contributed by atoms with Crippen molar-refractivity contribution in [3.8, 4) is 6.07 Å². The first-order chi connectivity index (χ1) is 7.43. The molecular formula is C10H9NO4S. The molecule has 0 fully saturated rings. The second kappa shape index (κ2) is 4.77. The van der Waals surface area contributed by atoms with Crippen LogP contribution in [0.2, 0.25) is 0 Å². The van der Waals surface area contributed by atoms with Crippen LogP contribution in [0.3, 0.4) is 0 Å².